The van der Waals surface area contributed by atoms with E-state index >= 15 is 0 Å². The molecule has 0 radical (unpaired) electrons. The highest BCUT2D eigenvalue weighted by molar-refractivity contribution is 5.91. The maximum Gasteiger partial charge on any atom is 0.338 e. The fourth-order valence-corrected chi connectivity index (χ4v) is 7.45. The summed E-state index contributed by atoms with van der Waals surface area (Å²) in [5, 5.41) is 8.94. The molecule has 1 saturated heterocycles. The first-order valence-corrected chi connectivity index (χ1v) is 18.8. The fourth-order valence-electron chi connectivity index (χ4n) is 7.45. The second kappa shape index (κ2) is 21.9. The molecule has 2 rings (SSSR count). The van der Waals surface area contributed by atoms with Gasteiger partial charge in [0, 0.05) is 34.4 Å². The van der Waals surface area contributed by atoms with Gasteiger partial charge in [0.05, 0.1) is 55.3 Å². The molecule has 0 spiro atoms. The van der Waals surface area contributed by atoms with Crippen LogP contribution >= 0.6 is 0 Å². The van der Waals surface area contributed by atoms with Crippen molar-refractivity contribution in [2.75, 3.05) is 48.5 Å². The van der Waals surface area contributed by atoms with Gasteiger partial charge in [0.15, 0.2) is 0 Å². The van der Waals surface area contributed by atoms with Gasteiger partial charge in [-0.25, -0.2) is 4.79 Å². The van der Waals surface area contributed by atoms with Crippen molar-refractivity contribution in [1.29, 1.82) is 0 Å². The zero-order valence-corrected chi connectivity index (χ0v) is 33.3. The molecule has 0 aromatic heterocycles. The highest BCUT2D eigenvalue weighted by Gasteiger charge is 2.42. The van der Waals surface area contributed by atoms with Crippen molar-refractivity contribution in [3.05, 3.63) is 35.4 Å². The molecular formula is C39H65N5O8. The summed E-state index contributed by atoms with van der Waals surface area (Å²) in [4.78, 5) is 70.0. The van der Waals surface area contributed by atoms with Crippen molar-refractivity contribution in [1.82, 2.24) is 25.8 Å². The average Bonchev–Trinajstić information content (AvgIpc) is 3.62. The summed E-state index contributed by atoms with van der Waals surface area (Å²) in [7, 11) is 7.90. The Bertz CT molecular complexity index is 1330. The number of carbonyl (C=O) groups is 5. The third-order valence-electron chi connectivity index (χ3n) is 10.7. The van der Waals surface area contributed by atoms with Crippen LogP contribution in [0.25, 0.3) is 0 Å². The number of nitrogens with one attached hydrogen (secondary N) is 3. The second-order valence-corrected chi connectivity index (χ2v) is 14.3. The van der Waals surface area contributed by atoms with E-state index in [-0.39, 0.29) is 47.9 Å². The topological polar surface area (TPSA) is 156 Å². The third kappa shape index (κ3) is 11.5. The smallest absolute Gasteiger partial charge is 0.338 e. The van der Waals surface area contributed by atoms with Crippen LogP contribution in [0.2, 0.25) is 0 Å². The number of methoxy groups -OCH3 is 3. The van der Waals surface area contributed by atoms with E-state index in [4.69, 9.17) is 14.2 Å². The lowest BCUT2D eigenvalue weighted by Gasteiger charge is -2.40. The van der Waals surface area contributed by atoms with E-state index in [9.17, 15) is 24.0 Å². The van der Waals surface area contributed by atoms with E-state index < -0.39 is 42.2 Å². The molecule has 294 valence electrons. The summed E-state index contributed by atoms with van der Waals surface area (Å²) < 4.78 is 16.8. The number of benzene rings is 1. The number of ether oxygens (including phenoxy) is 3. The van der Waals surface area contributed by atoms with Crippen LogP contribution in [0.4, 0.5) is 0 Å². The van der Waals surface area contributed by atoms with Crippen LogP contribution in [-0.4, -0.2) is 124 Å². The number of carbonyl (C=O) groups excluding carboxylic acids is 5. The van der Waals surface area contributed by atoms with Gasteiger partial charge in [-0.15, -0.1) is 0 Å². The molecule has 1 heterocycles. The van der Waals surface area contributed by atoms with Crippen LogP contribution in [0.15, 0.2) is 24.3 Å². The number of esters is 1. The molecule has 0 bridgehead atoms. The van der Waals surface area contributed by atoms with Crippen LogP contribution in [-0.2, 0) is 39.8 Å². The standard InChI is InChI=1S/C39H65N5O8/c1-12-25(5)34(43(8)38(48)29(13-2)42-37(47)33(40-7)24(3)4)31(50-9)23-32(45)44-22-16-19-30(44)35(51-10)26(6)36(46)41-21-20-27-17-14-15-18-28(27)39(49)52-11/h14-15,17-18,24-26,29-31,33-35,40H,12-13,16,19-23H2,1-11H3,(H,41,46)(H,42,47). The Labute approximate surface area is 311 Å². The highest BCUT2D eigenvalue weighted by Crippen LogP contribution is 2.29. The molecule has 8 atom stereocenters. The van der Waals surface area contributed by atoms with E-state index in [2.05, 4.69) is 16.0 Å². The monoisotopic (exact) mass is 731 g/mol. The normalized spacial score (nSPS) is 18.5. The van der Waals surface area contributed by atoms with Crippen molar-refractivity contribution in [2.45, 2.75) is 116 Å². The number of likely N-dealkylation sites (tertiary alicyclic amines) is 1. The molecule has 52 heavy (non-hydrogen) atoms. The van der Waals surface area contributed by atoms with Crippen LogP contribution < -0.4 is 16.0 Å². The zero-order valence-electron chi connectivity index (χ0n) is 33.3. The molecule has 1 aromatic carbocycles. The summed E-state index contributed by atoms with van der Waals surface area (Å²) in [5.74, 6) is -1.76. The predicted molar refractivity (Wildman–Crippen MR) is 201 cm³/mol. The SMILES string of the molecule is CCC(NC(=O)C(NC)C(C)C)C(=O)N(C)C(C(C)CC)C(CC(=O)N1CCCC1C(OC)C(C)C(=O)NCCc1ccccc1C(=O)OC)OC. The molecule has 8 unspecified atom stereocenters. The Morgan fingerprint density at radius 1 is 0.962 bits per heavy atom. The van der Waals surface area contributed by atoms with Gasteiger partial charge in [-0.2, -0.15) is 0 Å². The van der Waals surface area contributed by atoms with E-state index in [1.54, 1.807) is 57.2 Å². The zero-order chi connectivity index (χ0) is 39.1. The second-order valence-electron chi connectivity index (χ2n) is 14.3. The number of hydrogen-bond acceptors (Lipinski definition) is 9. The Balaban J connectivity index is 2.17. The number of nitrogens with zero attached hydrogens (tertiary/aromatic N) is 2. The van der Waals surface area contributed by atoms with Gasteiger partial charge in [0.25, 0.3) is 0 Å². The number of likely N-dealkylation sites (N-methyl/N-ethyl adjacent to an activating group) is 2. The summed E-state index contributed by atoms with van der Waals surface area (Å²) in [6.07, 6.45) is 1.92. The average molecular weight is 732 g/mol. The minimum atomic E-state index is -0.729. The lowest BCUT2D eigenvalue weighted by Crippen LogP contribution is -2.58. The first-order valence-electron chi connectivity index (χ1n) is 18.8. The molecular weight excluding hydrogens is 666 g/mol. The maximum absolute atomic E-state index is 14.1. The summed E-state index contributed by atoms with van der Waals surface area (Å²) >= 11 is 0. The van der Waals surface area contributed by atoms with E-state index in [0.29, 0.717) is 37.9 Å². The Kier molecular flexibility index (Phi) is 18.7. The van der Waals surface area contributed by atoms with Crippen molar-refractivity contribution >= 4 is 29.6 Å². The number of hydrogen-bond donors (Lipinski definition) is 3. The molecule has 1 aromatic rings. The van der Waals surface area contributed by atoms with Crippen LogP contribution in [0.5, 0.6) is 0 Å². The van der Waals surface area contributed by atoms with Crippen LogP contribution in [0.3, 0.4) is 0 Å². The molecule has 1 aliphatic rings. The highest BCUT2D eigenvalue weighted by atomic mass is 16.5. The van der Waals surface area contributed by atoms with E-state index in [0.717, 1.165) is 18.4 Å². The van der Waals surface area contributed by atoms with Crippen molar-refractivity contribution < 1.29 is 38.2 Å². The van der Waals surface area contributed by atoms with Gasteiger partial charge in [-0.3, -0.25) is 19.2 Å². The van der Waals surface area contributed by atoms with Gasteiger partial charge in [0.2, 0.25) is 23.6 Å². The number of amides is 4. The van der Waals surface area contributed by atoms with Gasteiger partial charge in [-0.05, 0) is 56.2 Å². The predicted octanol–water partition coefficient (Wildman–Crippen LogP) is 3.19. The molecule has 4 amide bonds. The molecule has 1 fully saturated rings. The molecule has 0 saturated carbocycles. The lowest BCUT2D eigenvalue weighted by molar-refractivity contribution is -0.147. The van der Waals surface area contributed by atoms with Crippen molar-refractivity contribution in [3.8, 4) is 0 Å². The summed E-state index contributed by atoms with van der Waals surface area (Å²) in [6, 6.07) is 5.22. The number of rotatable bonds is 21. The molecule has 13 heteroatoms. The van der Waals surface area contributed by atoms with E-state index in [1.165, 1.54) is 7.11 Å². The first kappa shape index (κ1) is 44.6. The Morgan fingerprint density at radius 3 is 2.19 bits per heavy atom. The van der Waals surface area contributed by atoms with Crippen LogP contribution in [0, 0.1) is 17.8 Å². The third-order valence-corrected chi connectivity index (χ3v) is 10.7. The first-order chi connectivity index (χ1) is 24.7. The minimum Gasteiger partial charge on any atom is -0.465 e. The van der Waals surface area contributed by atoms with Crippen molar-refractivity contribution in [3.63, 3.8) is 0 Å². The van der Waals surface area contributed by atoms with Crippen LogP contribution in [0.1, 0.15) is 89.6 Å². The fraction of sp³-hybridized carbons (Fsp3) is 0.718. The Hall–Kier alpha value is -3.55. The maximum atomic E-state index is 14.1. The van der Waals surface area contributed by atoms with Crippen molar-refractivity contribution in [2.24, 2.45) is 17.8 Å². The Morgan fingerprint density at radius 2 is 1.63 bits per heavy atom. The van der Waals surface area contributed by atoms with Gasteiger partial charge in [0.1, 0.15) is 6.04 Å². The molecule has 13 nitrogen and oxygen atoms in total. The lowest BCUT2D eigenvalue weighted by atomic mass is 9.90. The van der Waals surface area contributed by atoms with E-state index in [1.807, 2.05) is 46.8 Å². The van der Waals surface area contributed by atoms with Gasteiger partial charge >= 0.3 is 5.97 Å². The quantitative estimate of drug-likeness (QED) is 0.162. The largest absolute Gasteiger partial charge is 0.465 e. The summed E-state index contributed by atoms with van der Waals surface area (Å²) in [5.41, 5.74) is 1.24. The minimum absolute atomic E-state index is 0.00923. The molecule has 0 aliphatic carbocycles. The molecule has 3 N–H and O–H groups in total. The van der Waals surface area contributed by atoms with Gasteiger partial charge < -0.3 is 40.0 Å². The summed E-state index contributed by atoms with van der Waals surface area (Å²) in [6.45, 7) is 12.5. The van der Waals surface area contributed by atoms with Gasteiger partial charge in [-0.1, -0.05) is 66.2 Å². The molecule has 1 aliphatic heterocycles.